The zero-order valence-corrected chi connectivity index (χ0v) is 7.91. The Labute approximate surface area is 73.4 Å². The Morgan fingerprint density at radius 2 is 2.00 bits per heavy atom. The molecule has 0 fully saturated rings. The van der Waals surface area contributed by atoms with Crippen molar-refractivity contribution < 1.29 is 19.3 Å². The van der Waals surface area contributed by atoms with Gasteiger partial charge in [0, 0.05) is 6.61 Å². The highest BCUT2D eigenvalue weighted by Crippen LogP contribution is 1.97. The summed E-state index contributed by atoms with van der Waals surface area (Å²) in [6.07, 6.45) is -0.586. The van der Waals surface area contributed by atoms with Gasteiger partial charge in [0.1, 0.15) is 6.79 Å². The third-order valence-electron chi connectivity index (χ3n) is 1.12. The molecule has 2 atom stereocenters. The zero-order valence-electron chi connectivity index (χ0n) is 7.91. The molecule has 0 aromatic rings. The van der Waals surface area contributed by atoms with E-state index in [2.05, 4.69) is 0 Å². The molecule has 4 nitrogen and oxygen atoms in total. The van der Waals surface area contributed by atoms with Crippen molar-refractivity contribution in [3.8, 4) is 0 Å². The molecule has 0 saturated heterocycles. The SMILES string of the molecule is CCCOCOC(C)OC(C)[O]. The smallest absolute Gasteiger partial charge is 0.191 e. The van der Waals surface area contributed by atoms with E-state index in [4.69, 9.17) is 14.2 Å². The summed E-state index contributed by atoms with van der Waals surface area (Å²) in [5.74, 6) is 0. The van der Waals surface area contributed by atoms with Crippen LogP contribution >= 0.6 is 0 Å². The fourth-order valence-corrected chi connectivity index (χ4v) is 0.656. The molecular formula is C8H17O4. The standard InChI is InChI=1S/C8H17O4/c1-4-5-10-6-11-8(3)12-7(2)9/h7-8H,4-6H2,1-3H3. The van der Waals surface area contributed by atoms with Crippen LogP contribution in [0.25, 0.3) is 0 Å². The topological polar surface area (TPSA) is 47.6 Å². The summed E-state index contributed by atoms with van der Waals surface area (Å²) >= 11 is 0. The van der Waals surface area contributed by atoms with Crippen LogP contribution in [0.2, 0.25) is 0 Å². The van der Waals surface area contributed by atoms with E-state index in [0.29, 0.717) is 6.61 Å². The van der Waals surface area contributed by atoms with E-state index in [1.807, 2.05) is 6.92 Å². The van der Waals surface area contributed by atoms with Gasteiger partial charge in [0.2, 0.25) is 0 Å². The molecule has 0 heterocycles. The molecule has 2 unspecified atom stereocenters. The van der Waals surface area contributed by atoms with E-state index in [1.54, 1.807) is 6.92 Å². The summed E-state index contributed by atoms with van der Waals surface area (Å²) in [7, 11) is 0. The molecular weight excluding hydrogens is 160 g/mol. The first kappa shape index (κ1) is 11.8. The van der Waals surface area contributed by atoms with E-state index in [-0.39, 0.29) is 6.79 Å². The molecule has 0 aliphatic heterocycles. The molecule has 0 N–H and O–H groups in total. The Morgan fingerprint density at radius 1 is 1.33 bits per heavy atom. The fourth-order valence-electron chi connectivity index (χ4n) is 0.656. The van der Waals surface area contributed by atoms with Crippen LogP contribution in [0.5, 0.6) is 0 Å². The molecule has 0 rings (SSSR count). The first-order valence-corrected chi connectivity index (χ1v) is 4.17. The second-order valence-corrected chi connectivity index (χ2v) is 2.46. The number of rotatable bonds is 7. The minimum absolute atomic E-state index is 0.182. The van der Waals surface area contributed by atoms with Crippen LogP contribution in [-0.2, 0) is 19.3 Å². The summed E-state index contributed by atoms with van der Waals surface area (Å²) in [5, 5.41) is 10.5. The highest BCUT2D eigenvalue weighted by molar-refractivity contribution is 4.30. The van der Waals surface area contributed by atoms with Crippen molar-refractivity contribution in [2.45, 2.75) is 39.8 Å². The van der Waals surface area contributed by atoms with Crippen LogP contribution in [0, 0.1) is 0 Å². The molecule has 0 aliphatic rings. The van der Waals surface area contributed by atoms with Gasteiger partial charge in [-0.2, -0.15) is 0 Å². The maximum atomic E-state index is 10.5. The highest BCUT2D eigenvalue weighted by Gasteiger charge is 2.05. The fraction of sp³-hybridized carbons (Fsp3) is 1.00. The average molecular weight is 177 g/mol. The molecule has 1 radical (unpaired) electrons. The summed E-state index contributed by atoms with van der Waals surface area (Å²) < 4.78 is 14.8. The van der Waals surface area contributed by atoms with Crippen molar-refractivity contribution in [3.05, 3.63) is 0 Å². The van der Waals surface area contributed by atoms with Gasteiger partial charge in [-0.15, -0.1) is 0 Å². The first-order valence-electron chi connectivity index (χ1n) is 4.17. The van der Waals surface area contributed by atoms with Crippen LogP contribution < -0.4 is 0 Å². The maximum absolute atomic E-state index is 10.5. The predicted molar refractivity (Wildman–Crippen MR) is 42.9 cm³/mol. The quantitative estimate of drug-likeness (QED) is 0.437. The minimum Gasteiger partial charge on any atom is -0.355 e. The number of hydrogen-bond donors (Lipinski definition) is 0. The lowest BCUT2D eigenvalue weighted by atomic mass is 10.5. The van der Waals surface area contributed by atoms with Crippen LogP contribution in [0.3, 0.4) is 0 Å². The van der Waals surface area contributed by atoms with E-state index in [0.717, 1.165) is 6.42 Å². The summed E-state index contributed by atoms with van der Waals surface area (Å²) in [5.41, 5.74) is 0. The Balaban J connectivity index is 3.14. The third-order valence-corrected chi connectivity index (χ3v) is 1.12. The van der Waals surface area contributed by atoms with Crippen molar-refractivity contribution in [2.24, 2.45) is 0 Å². The molecule has 73 valence electrons. The normalized spacial score (nSPS) is 16.0. The Hall–Kier alpha value is -0.160. The molecule has 0 aliphatic carbocycles. The van der Waals surface area contributed by atoms with Gasteiger partial charge in [-0.1, -0.05) is 6.92 Å². The van der Waals surface area contributed by atoms with Gasteiger partial charge >= 0.3 is 0 Å². The lowest BCUT2D eigenvalue weighted by molar-refractivity contribution is -0.255. The largest absolute Gasteiger partial charge is 0.355 e. The van der Waals surface area contributed by atoms with Crippen molar-refractivity contribution in [2.75, 3.05) is 13.4 Å². The van der Waals surface area contributed by atoms with Gasteiger partial charge in [0.15, 0.2) is 12.6 Å². The van der Waals surface area contributed by atoms with E-state index < -0.39 is 12.6 Å². The zero-order chi connectivity index (χ0) is 9.40. The lowest BCUT2D eigenvalue weighted by Crippen LogP contribution is -2.20. The second kappa shape index (κ2) is 7.49. The van der Waals surface area contributed by atoms with Gasteiger partial charge < -0.3 is 14.2 Å². The van der Waals surface area contributed by atoms with Crippen molar-refractivity contribution in [1.29, 1.82) is 0 Å². The third kappa shape index (κ3) is 7.94. The molecule has 12 heavy (non-hydrogen) atoms. The highest BCUT2D eigenvalue weighted by atomic mass is 16.8. The van der Waals surface area contributed by atoms with Crippen LogP contribution in [-0.4, -0.2) is 26.0 Å². The van der Waals surface area contributed by atoms with E-state index >= 15 is 0 Å². The van der Waals surface area contributed by atoms with E-state index in [9.17, 15) is 5.11 Å². The van der Waals surface area contributed by atoms with Gasteiger partial charge in [-0.05, 0) is 20.3 Å². The van der Waals surface area contributed by atoms with Crippen molar-refractivity contribution >= 4 is 0 Å². The Kier molecular flexibility index (Phi) is 7.39. The predicted octanol–water partition coefficient (Wildman–Crippen LogP) is 1.53. The van der Waals surface area contributed by atoms with Crippen LogP contribution in [0.1, 0.15) is 27.2 Å². The number of hydrogen-bond acceptors (Lipinski definition) is 3. The monoisotopic (exact) mass is 177 g/mol. The van der Waals surface area contributed by atoms with Crippen LogP contribution in [0.15, 0.2) is 0 Å². The molecule has 0 saturated carbocycles. The van der Waals surface area contributed by atoms with Gasteiger partial charge in [0.25, 0.3) is 0 Å². The molecule has 4 heteroatoms. The van der Waals surface area contributed by atoms with Crippen molar-refractivity contribution in [1.82, 2.24) is 0 Å². The molecule has 0 aromatic heterocycles. The first-order chi connectivity index (χ1) is 5.66. The average Bonchev–Trinajstić information content (AvgIpc) is 1.97. The second-order valence-electron chi connectivity index (χ2n) is 2.46. The molecule has 0 amide bonds. The molecule has 0 bridgehead atoms. The summed E-state index contributed by atoms with van der Waals surface area (Å²) in [4.78, 5) is 0. The van der Waals surface area contributed by atoms with Crippen LogP contribution in [0.4, 0.5) is 0 Å². The molecule has 0 aromatic carbocycles. The maximum Gasteiger partial charge on any atom is 0.191 e. The summed E-state index contributed by atoms with van der Waals surface area (Å²) in [6, 6.07) is 0. The van der Waals surface area contributed by atoms with E-state index in [1.165, 1.54) is 6.92 Å². The Morgan fingerprint density at radius 3 is 2.50 bits per heavy atom. The Bertz CT molecular complexity index is 95.1. The van der Waals surface area contributed by atoms with Crippen molar-refractivity contribution in [3.63, 3.8) is 0 Å². The lowest BCUT2D eigenvalue weighted by Gasteiger charge is -2.14. The summed E-state index contributed by atoms with van der Waals surface area (Å²) in [6.45, 7) is 5.96. The minimum atomic E-state index is -1.05. The van der Waals surface area contributed by atoms with Gasteiger partial charge in [0.05, 0.1) is 0 Å². The van der Waals surface area contributed by atoms with Gasteiger partial charge in [-0.3, -0.25) is 0 Å². The number of ether oxygens (including phenoxy) is 3. The molecule has 0 spiro atoms. The van der Waals surface area contributed by atoms with Gasteiger partial charge in [-0.25, -0.2) is 5.11 Å².